The van der Waals surface area contributed by atoms with Crippen molar-refractivity contribution in [2.45, 2.75) is 44.8 Å². The Kier molecular flexibility index (Phi) is 10.5. The number of aliphatic carboxylic acids is 1. The zero-order valence-corrected chi connectivity index (χ0v) is 17.1. The van der Waals surface area contributed by atoms with Crippen molar-refractivity contribution in [1.29, 1.82) is 0 Å². The zero-order valence-electron chi connectivity index (χ0n) is 17.1. The molecule has 7 N–H and O–H groups in total. The molecule has 3 atom stereocenters. The minimum Gasteiger partial charge on any atom is -0.480 e. The molecule has 10 nitrogen and oxygen atoms in total. The van der Waals surface area contributed by atoms with Gasteiger partial charge in [-0.05, 0) is 17.9 Å². The second-order valence-corrected chi connectivity index (χ2v) is 7.34. The molecule has 10 heteroatoms. The number of carboxylic acids is 1. The van der Waals surface area contributed by atoms with Crippen LogP contribution in [-0.2, 0) is 25.6 Å². The predicted octanol–water partition coefficient (Wildman–Crippen LogP) is -1.23. The van der Waals surface area contributed by atoms with Crippen molar-refractivity contribution in [3.05, 3.63) is 35.9 Å². The van der Waals surface area contributed by atoms with Gasteiger partial charge in [0, 0.05) is 6.42 Å². The molecule has 1 aromatic rings. The first-order valence-electron chi connectivity index (χ1n) is 9.64. The molecule has 0 saturated carbocycles. The van der Waals surface area contributed by atoms with Crippen molar-refractivity contribution in [1.82, 2.24) is 16.0 Å². The first-order valence-corrected chi connectivity index (χ1v) is 9.64. The molecule has 0 aliphatic carbocycles. The van der Waals surface area contributed by atoms with Gasteiger partial charge in [-0.2, -0.15) is 0 Å². The summed E-state index contributed by atoms with van der Waals surface area (Å²) in [5.74, 6) is -3.12. The number of aliphatic hydroxyl groups excluding tert-OH is 1. The van der Waals surface area contributed by atoms with Crippen molar-refractivity contribution in [3.8, 4) is 0 Å². The smallest absolute Gasteiger partial charge is 0.322 e. The maximum Gasteiger partial charge on any atom is 0.322 e. The van der Waals surface area contributed by atoms with Gasteiger partial charge in [0.2, 0.25) is 17.7 Å². The van der Waals surface area contributed by atoms with Gasteiger partial charge in [0.05, 0.1) is 6.61 Å². The van der Waals surface area contributed by atoms with Gasteiger partial charge >= 0.3 is 5.97 Å². The topological polar surface area (TPSA) is 171 Å². The Hall–Kier alpha value is -2.98. The van der Waals surface area contributed by atoms with E-state index in [1.54, 1.807) is 30.3 Å². The number of carbonyl (C=O) groups is 4. The molecule has 1 rings (SSSR count). The molecule has 30 heavy (non-hydrogen) atoms. The third-order valence-electron chi connectivity index (χ3n) is 4.20. The van der Waals surface area contributed by atoms with Crippen LogP contribution in [0.3, 0.4) is 0 Å². The van der Waals surface area contributed by atoms with Crippen LogP contribution in [0.25, 0.3) is 0 Å². The van der Waals surface area contributed by atoms with Crippen LogP contribution in [0.4, 0.5) is 0 Å². The lowest BCUT2D eigenvalue weighted by atomic mass is 10.0. The normalized spacial score (nSPS) is 13.8. The van der Waals surface area contributed by atoms with Gasteiger partial charge in [0.1, 0.15) is 24.7 Å². The number of amides is 3. The van der Waals surface area contributed by atoms with Crippen LogP contribution < -0.4 is 21.7 Å². The summed E-state index contributed by atoms with van der Waals surface area (Å²) >= 11 is 0. The molecule has 0 bridgehead atoms. The molecule has 0 radical (unpaired) electrons. The molecule has 0 heterocycles. The second kappa shape index (κ2) is 12.6. The number of carboxylic acid groups (broad SMARTS) is 1. The first kappa shape index (κ1) is 25.1. The van der Waals surface area contributed by atoms with Gasteiger partial charge < -0.3 is 31.9 Å². The average molecular weight is 422 g/mol. The van der Waals surface area contributed by atoms with Crippen LogP contribution in [-0.4, -0.2) is 65.2 Å². The first-order chi connectivity index (χ1) is 14.1. The van der Waals surface area contributed by atoms with Crippen molar-refractivity contribution < 1.29 is 29.4 Å². The predicted molar refractivity (Wildman–Crippen MR) is 109 cm³/mol. The number of hydrogen-bond donors (Lipinski definition) is 6. The number of nitrogens with two attached hydrogens (primary N) is 1. The number of nitrogens with one attached hydrogen (secondary N) is 3. The number of aliphatic hydroxyl groups is 1. The fourth-order valence-corrected chi connectivity index (χ4v) is 2.68. The largest absolute Gasteiger partial charge is 0.480 e. The Labute approximate surface area is 175 Å². The Morgan fingerprint density at radius 2 is 1.57 bits per heavy atom. The highest BCUT2D eigenvalue weighted by atomic mass is 16.4. The third-order valence-corrected chi connectivity index (χ3v) is 4.20. The van der Waals surface area contributed by atoms with Crippen molar-refractivity contribution in [2.24, 2.45) is 11.7 Å². The van der Waals surface area contributed by atoms with Crippen molar-refractivity contribution in [2.75, 3.05) is 13.2 Å². The van der Waals surface area contributed by atoms with E-state index >= 15 is 0 Å². The van der Waals surface area contributed by atoms with Gasteiger partial charge in [-0.15, -0.1) is 0 Å². The van der Waals surface area contributed by atoms with E-state index in [0.717, 1.165) is 5.56 Å². The molecule has 0 aliphatic rings. The van der Waals surface area contributed by atoms with Gasteiger partial charge in [0.25, 0.3) is 0 Å². The van der Waals surface area contributed by atoms with Crippen LogP contribution in [0.5, 0.6) is 0 Å². The van der Waals surface area contributed by atoms with Gasteiger partial charge in [0.15, 0.2) is 0 Å². The molecule has 0 aromatic heterocycles. The number of hydrogen-bond acceptors (Lipinski definition) is 6. The van der Waals surface area contributed by atoms with E-state index in [-0.39, 0.29) is 18.8 Å². The highest BCUT2D eigenvalue weighted by Crippen LogP contribution is 2.08. The van der Waals surface area contributed by atoms with Crippen molar-refractivity contribution in [3.63, 3.8) is 0 Å². The van der Waals surface area contributed by atoms with Gasteiger partial charge in [-0.3, -0.25) is 19.2 Å². The lowest BCUT2D eigenvalue weighted by Crippen LogP contribution is -2.57. The molecule has 3 amide bonds. The molecule has 1 aromatic carbocycles. The Morgan fingerprint density at radius 3 is 2.10 bits per heavy atom. The Morgan fingerprint density at radius 1 is 0.967 bits per heavy atom. The SMILES string of the molecule is CC(C)CC(NC(=O)C(N)CO)C(=O)NC(Cc1ccccc1)C(=O)NCC(=O)O. The highest BCUT2D eigenvalue weighted by Gasteiger charge is 2.28. The lowest BCUT2D eigenvalue weighted by molar-refractivity contribution is -0.138. The summed E-state index contributed by atoms with van der Waals surface area (Å²) in [4.78, 5) is 48.1. The quantitative estimate of drug-likeness (QED) is 0.245. The van der Waals surface area contributed by atoms with Crippen LogP contribution >= 0.6 is 0 Å². The van der Waals surface area contributed by atoms with Crippen LogP contribution in [0.1, 0.15) is 25.8 Å². The summed E-state index contributed by atoms with van der Waals surface area (Å²) < 4.78 is 0. The van der Waals surface area contributed by atoms with E-state index in [1.165, 1.54) is 0 Å². The van der Waals surface area contributed by atoms with Crippen LogP contribution in [0.15, 0.2) is 30.3 Å². The van der Waals surface area contributed by atoms with Crippen LogP contribution in [0, 0.1) is 5.92 Å². The number of carbonyl (C=O) groups excluding carboxylic acids is 3. The van der Waals surface area contributed by atoms with Crippen LogP contribution in [0.2, 0.25) is 0 Å². The maximum atomic E-state index is 12.8. The Balaban J connectivity index is 2.97. The Bertz CT molecular complexity index is 725. The standard InChI is InChI=1S/C20H30N4O6/c1-12(2)8-15(23-18(28)14(21)11-25)20(30)24-16(19(29)22-10-17(26)27)9-13-6-4-3-5-7-13/h3-7,12,14-16,25H,8-11,21H2,1-2H3,(H,22,29)(H,23,28)(H,24,30)(H,26,27). The monoisotopic (exact) mass is 422 g/mol. The highest BCUT2D eigenvalue weighted by molar-refractivity contribution is 5.93. The molecule has 0 fully saturated rings. The summed E-state index contributed by atoms with van der Waals surface area (Å²) in [6, 6.07) is 5.72. The molecule has 0 aliphatic heterocycles. The van der Waals surface area contributed by atoms with E-state index in [2.05, 4.69) is 16.0 Å². The third kappa shape index (κ3) is 9.01. The lowest BCUT2D eigenvalue weighted by Gasteiger charge is -2.25. The molecule has 3 unspecified atom stereocenters. The van der Waals surface area contributed by atoms with E-state index < -0.39 is 55.0 Å². The fraction of sp³-hybridized carbons (Fsp3) is 0.500. The van der Waals surface area contributed by atoms with Crippen molar-refractivity contribution >= 4 is 23.7 Å². The second-order valence-electron chi connectivity index (χ2n) is 7.34. The molecule has 0 saturated heterocycles. The molecule has 166 valence electrons. The summed E-state index contributed by atoms with van der Waals surface area (Å²) in [6.07, 6.45) is 0.418. The summed E-state index contributed by atoms with van der Waals surface area (Å²) in [5.41, 5.74) is 6.27. The van der Waals surface area contributed by atoms with Gasteiger partial charge in [-0.1, -0.05) is 44.2 Å². The minimum atomic E-state index is -1.21. The zero-order chi connectivity index (χ0) is 22.7. The summed E-state index contributed by atoms with van der Waals surface area (Å²) in [5, 5.41) is 25.2. The van der Waals surface area contributed by atoms with E-state index in [0.29, 0.717) is 0 Å². The summed E-state index contributed by atoms with van der Waals surface area (Å²) in [7, 11) is 0. The van der Waals surface area contributed by atoms with E-state index in [4.69, 9.17) is 15.9 Å². The van der Waals surface area contributed by atoms with E-state index in [9.17, 15) is 19.2 Å². The fourth-order valence-electron chi connectivity index (χ4n) is 2.68. The number of benzene rings is 1. The average Bonchev–Trinajstić information content (AvgIpc) is 2.70. The molecule has 0 spiro atoms. The molecular formula is C20H30N4O6. The summed E-state index contributed by atoms with van der Waals surface area (Å²) in [6.45, 7) is 2.56. The van der Waals surface area contributed by atoms with Gasteiger partial charge in [-0.25, -0.2) is 0 Å². The maximum absolute atomic E-state index is 12.8. The number of rotatable bonds is 12. The van der Waals surface area contributed by atoms with E-state index in [1.807, 2.05) is 13.8 Å². The molecular weight excluding hydrogens is 392 g/mol. The minimum absolute atomic E-state index is 0.0415.